The highest BCUT2D eigenvalue weighted by molar-refractivity contribution is 5.77. The Hall–Kier alpha value is -2.21. The van der Waals surface area contributed by atoms with E-state index in [1.54, 1.807) is 18.3 Å². The van der Waals surface area contributed by atoms with Crippen molar-refractivity contribution in [1.82, 2.24) is 19.4 Å². The van der Waals surface area contributed by atoms with Gasteiger partial charge in [-0.25, -0.2) is 9.37 Å². The summed E-state index contributed by atoms with van der Waals surface area (Å²) < 4.78 is 15.4. The van der Waals surface area contributed by atoms with Crippen LogP contribution in [-0.4, -0.2) is 57.0 Å². The molecule has 0 N–H and O–H groups in total. The standard InChI is InChI=1S/C22H27FN4O/c1-2-19-24-9-12-26(19)14-20(28)27-13-18(15-3-5-17(23)6-4-15)22-21(27)16-7-10-25(22)11-8-16/h3-6,9,12,16,18,21-22H,2,7-8,10-11,13-14H2,1H3/t18-,21+,22+/m0/s1. The van der Waals surface area contributed by atoms with Crippen LogP contribution in [0, 0.1) is 11.7 Å². The van der Waals surface area contributed by atoms with Crippen LogP contribution in [0.2, 0.25) is 0 Å². The fraction of sp³-hybridized carbons (Fsp3) is 0.545. The minimum Gasteiger partial charge on any atom is -0.336 e. The van der Waals surface area contributed by atoms with Gasteiger partial charge in [0.15, 0.2) is 0 Å². The van der Waals surface area contributed by atoms with Gasteiger partial charge < -0.3 is 9.47 Å². The van der Waals surface area contributed by atoms with E-state index in [4.69, 9.17) is 0 Å². The molecule has 5 nitrogen and oxygen atoms in total. The second kappa shape index (κ2) is 6.99. The van der Waals surface area contributed by atoms with Crippen LogP contribution in [0.15, 0.2) is 36.7 Å². The minimum absolute atomic E-state index is 0.182. The number of carbonyl (C=O) groups excluding carboxylic acids is 1. The monoisotopic (exact) mass is 382 g/mol. The van der Waals surface area contributed by atoms with Gasteiger partial charge in [-0.3, -0.25) is 9.69 Å². The molecule has 148 valence electrons. The van der Waals surface area contributed by atoms with E-state index < -0.39 is 0 Å². The average Bonchev–Trinajstić information content (AvgIpc) is 3.35. The summed E-state index contributed by atoms with van der Waals surface area (Å²) in [5.41, 5.74) is 1.15. The number of halogens is 1. The summed E-state index contributed by atoms with van der Waals surface area (Å²) in [5.74, 6) is 1.77. The predicted octanol–water partition coefficient (Wildman–Crippen LogP) is 2.67. The fourth-order valence-corrected chi connectivity index (χ4v) is 5.74. The van der Waals surface area contributed by atoms with E-state index in [9.17, 15) is 9.18 Å². The smallest absolute Gasteiger partial charge is 0.242 e. The van der Waals surface area contributed by atoms with E-state index in [0.717, 1.165) is 37.4 Å². The van der Waals surface area contributed by atoms with Gasteiger partial charge in [0, 0.05) is 37.3 Å². The second-order valence-corrected chi connectivity index (χ2v) is 8.38. The Morgan fingerprint density at radius 1 is 1.18 bits per heavy atom. The number of hydrogen-bond donors (Lipinski definition) is 0. The maximum atomic E-state index is 13.5. The van der Waals surface area contributed by atoms with Crippen molar-refractivity contribution in [3.8, 4) is 0 Å². The molecular weight excluding hydrogens is 355 g/mol. The Morgan fingerprint density at radius 2 is 1.93 bits per heavy atom. The second-order valence-electron chi connectivity index (χ2n) is 8.38. The molecule has 4 aliphatic rings. The molecule has 6 heteroatoms. The lowest BCUT2D eigenvalue weighted by Crippen LogP contribution is -2.61. The average molecular weight is 382 g/mol. The summed E-state index contributed by atoms with van der Waals surface area (Å²) in [6, 6.07) is 7.53. The van der Waals surface area contributed by atoms with Crippen LogP contribution in [0.5, 0.6) is 0 Å². The highest BCUT2D eigenvalue weighted by Crippen LogP contribution is 2.46. The first-order valence-corrected chi connectivity index (χ1v) is 10.4. The van der Waals surface area contributed by atoms with Crippen LogP contribution in [0.25, 0.3) is 0 Å². The maximum Gasteiger partial charge on any atom is 0.242 e. The third-order valence-corrected chi connectivity index (χ3v) is 7.04. The number of hydrogen-bond acceptors (Lipinski definition) is 3. The van der Waals surface area contributed by atoms with Gasteiger partial charge in [-0.2, -0.15) is 0 Å². The van der Waals surface area contributed by atoms with Crippen molar-refractivity contribution in [1.29, 1.82) is 0 Å². The van der Waals surface area contributed by atoms with E-state index in [1.807, 2.05) is 22.9 Å². The number of rotatable bonds is 4. The van der Waals surface area contributed by atoms with Crippen LogP contribution >= 0.6 is 0 Å². The van der Waals surface area contributed by atoms with E-state index in [1.165, 1.54) is 12.8 Å². The molecule has 4 aliphatic heterocycles. The van der Waals surface area contributed by atoms with Gasteiger partial charge in [-0.1, -0.05) is 19.1 Å². The molecule has 0 saturated carbocycles. The van der Waals surface area contributed by atoms with Gasteiger partial charge >= 0.3 is 0 Å². The van der Waals surface area contributed by atoms with E-state index >= 15 is 0 Å². The molecule has 6 rings (SSSR count). The topological polar surface area (TPSA) is 41.4 Å². The number of imidazole rings is 1. The van der Waals surface area contributed by atoms with Crippen LogP contribution in [0.3, 0.4) is 0 Å². The quantitative estimate of drug-likeness (QED) is 0.816. The van der Waals surface area contributed by atoms with E-state index in [2.05, 4.69) is 21.7 Å². The number of likely N-dealkylation sites (tertiary alicyclic amines) is 1. The van der Waals surface area contributed by atoms with Crippen LogP contribution in [0.1, 0.15) is 37.1 Å². The molecule has 0 unspecified atom stereocenters. The Kier molecular flexibility index (Phi) is 4.46. The maximum absolute atomic E-state index is 13.5. The Balaban J connectivity index is 1.44. The molecule has 2 bridgehead atoms. The predicted molar refractivity (Wildman–Crippen MR) is 104 cm³/mol. The Labute approximate surface area is 165 Å². The highest BCUT2D eigenvalue weighted by Gasteiger charge is 2.54. The summed E-state index contributed by atoms with van der Waals surface area (Å²) in [7, 11) is 0. The molecule has 5 heterocycles. The van der Waals surface area contributed by atoms with Gasteiger partial charge in [-0.05, 0) is 49.5 Å². The third-order valence-electron chi connectivity index (χ3n) is 7.04. The van der Waals surface area contributed by atoms with E-state index in [-0.39, 0.29) is 23.7 Å². The number of fused-ring (bicyclic) bond motifs is 2. The van der Waals surface area contributed by atoms with Gasteiger partial charge in [0.1, 0.15) is 18.2 Å². The normalized spacial score (nSPS) is 31.2. The van der Waals surface area contributed by atoms with Crippen molar-refractivity contribution in [2.24, 2.45) is 5.92 Å². The molecule has 1 aromatic heterocycles. The van der Waals surface area contributed by atoms with Gasteiger partial charge in [0.25, 0.3) is 0 Å². The first kappa shape index (κ1) is 17.9. The van der Waals surface area contributed by atoms with Gasteiger partial charge in [0.05, 0.1) is 6.04 Å². The van der Waals surface area contributed by atoms with E-state index in [0.29, 0.717) is 18.5 Å². The lowest BCUT2D eigenvalue weighted by Gasteiger charge is -2.51. The summed E-state index contributed by atoms with van der Waals surface area (Å²) in [6.07, 6.45) is 6.84. The van der Waals surface area contributed by atoms with Gasteiger partial charge in [-0.15, -0.1) is 0 Å². The molecule has 3 atom stereocenters. The molecular formula is C22H27FN4O. The summed E-state index contributed by atoms with van der Waals surface area (Å²) in [4.78, 5) is 22.4. The molecule has 0 spiro atoms. The number of benzene rings is 1. The fourth-order valence-electron chi connectivity index (χ4n) is 5.74. The molecule has 4 saturated heterocycles. The molecule has 1 amide bonds. The third kappa shape index (κ3) is 2.85. The SMILES string of the molecule is CCc1nccn1CC(=O)N1C[C@@H](c2ccc(F)cc2)[C@@H]2[C@H]1C1CCN2CC1. The van der Waals surface area contributed by atoms with Crippen LogP contribution in [0.4, 0.5) is 4.39 Å². The summed E-state index contributed by atoms with van der Waals surface area (Å²) in [6.45, 7) is 5.38. The number of nitrogens with zero attached hydrogens (tertiary/aromatic N) is 4. The number of aryl methyl sites for hydroxylation is 1. The zero-order valence-electron chi connectivity index (χ0n) is 16.3. The molecule has 0 radical (unpaired) electrons. The molecule has 0 aliphatic carbocycles. The zero-order chi connectivity index (χ0) is 19.3. The summed E-state index contributed by atoms with van der Waals surface area (Å²) in [5, 5.41) is 0. The zero-order valence-corrected chi connectivity index (χ0v) is 16.3. The molecule has 4 fully saturated rings. The lowest BCUT2D eigenvalue weighted by molar-refractivity contribution is -0.136. The number of carbonyl (C=O) groups is 1. The lowest BCUT2D eigenvalue weighted by atomic mass is 9.75. The first-order valence-electron chi connectivity index (χ1n) is 10.4. The van der Waals surface area contributed by atoms with Crippen molar-refractivity contribution < 1.29 is 9.18 Å². The van der Waals surface area contributed by atoms with Crippen molar-refractivity contribution in [2.45, 2.75) is 50.7 Å². The number of piperidine rings is 3. The Morgan fingerprint density at radius 3 is 2.64 bits per heavy atom. The Bertz CT molecular complexity index is 856. The van der Waals surface area contributed by atoms with Gasteiger partial charge in [0.2, 0.25) is 5.91 Å². The summed E-state index contributed by atoms with van der Waals surface area (Å²) >= 11 is 0. The highest BCUT2D eigenvalue weighted by atomic mass is 19.1. The molecule has 2 aromatic rings. The van der Waals surface area contributed by atoms with Crippen LogP contribution in [-0.2, 0) is 17.8 Å². The largest absolute Gasteiger partial charge is 0.336 e. The molecule has 1 aromatic carbocycles. The van der Waals surface area contributed by atoms with Crippen molar-refractivity contribution in [3.05, 3.63) is 53.9 Å². The number of amides is 1. The van der Waals surface area contributed by atoms with Crippen LogP contribution < -0.4 is 0 Å². The van der Waals surface area contributed by atoms with Crippen molar-refractivity contribution in [3.63, 3.8) is 0 Å². The van der Waals surface area contributed by atoms with Crippen molar-refractivity contribution in [2.75, 3.05) is 19.6 Å². The minimum atomic E-state index is -0.205. The molecule has 28 heavy (non-hydrogen) atoms. The van der Waals surface area contributed by atoms with Crippen molar-refractivity contribution >= 4 is 5.91 Å². The number of aromatic nitrogens is 2. The first-order chi connectivity index (χ1) is 13.7.